The molecule has 0 heterocycles. The molecule has 0 spiro atoms. The van der Waals surface area contributed by atoms with Gasteiger partial charge in [-0.15, -0.1) is 0 Å². The minimum Gasteiger partial charge on any atom is -0.466 e. The quantitative estimate of drug-likeness (QED) is 0.272. The molecule has 0 N–H and O–H groups in total. The first-order chi connectivity index (χ1) is 11.6. The molecule has 0 amide bonds. The molecule has 0 radical (unpaired) electrons. The van der Waals surface area contributed by atoms with Crippen molar-refractivity contribution in [2.75, 3.05) is 6.61 Å². The Labute approximate surface area is 148 Å². The van der Waals surface area contributed by atoms with Gasteiger partial charge in [0.15, 0.2) is 0 Å². The summed E-state index contributed by atoms with van der Waals surface area (Å²) in [6.45, 7) is 6.54. The molecule has 142 valence electrons. The van der Waals surface area contributed by atoms with E-state index in [1.807, 2.05) is 0 Å². The van der Waals surface area contributed by atoms with Crippen LogP contribution in [-0.2, 0) is 19.1 Å². The van der Waals surface area contributed by atoms with Crippen LogP contribution in [0.4, 0.5) is 0 Å². The molecule has 0 saturated carbocycles. The van der Waals surface area contributed by atoms with Crippen molar-refractivity contribution >= 4 is 11.9 Å². The number of esters is 2. The smallest absolute Gasteiger partial charge is 0.309 e. The Morgan fingerprint density at radius 3 is 1.92 bits per heavy atom. The highest BCUT2D eigenvalue weighted by molar-refractivity contribution is 5.72. The highest BCUT2D eigenvalue weighted by Gasteiger charge is 2.14. The summed E-state index contributed by atoms with van der Waals surface area (Å²) in [4.78, 5) is 23.3. The fourth-order valence-electron chi connectivity index (χ4n) is 2.56. The number of hydrogen-bond acceptors (Lipinski definition) is 4. The molecule has 0 unspecified atom stereocenters. The van der Waals surface area contributed by atoms with E-state index in [9.17, 15) is 9.59 Å². The predicted octanol–water partition coefficient (Wildman–Crippen LogP) is 5.57. The van der Waals surface area contributed by atoms with E-state index in [4.69, 9.17) is 9.47 Å². The summed E-state index contributed by atoms with van der Waals surface area (Å²) in [6.07, 6.45) is 12.9. The van der Waals surface area contributed by atoms with Crippen LogP contribution in [0.25, 0.3) is 0 Å². The summed E-state index contributed by atoms with van der Waals surface area (Å²) in [7, 11) is 0. The monoisotopic (exact) mass is 342 g/mol. The molecule has 0 aromatic rings. The fourth-order valence-corrected chi connectivity index (χ4v) is 2.56. The number of ether oxygens (including phenoxy) is 2. The Hall–Kier alpha value is -1.06. The second-order valence-corrected chi connectivity index (χ2v) is 6.66. The van der Waals surface area contributed by atoms with Gasteiger partial charge in [-0.2, -0.15) is 0 Å². The second kappa shape index (κ2) is 16.8. The maximum absolute atomic E-state index is 11.7. The van der Waals surface area contributed by atoms with Crippen molar-refractivity contribution in [1.29, 1.82) is 0 Å². The molecule has 24 heavy (non-hydrogen) atoms. The standard InChI is InChI=1S/C20H38O4/c1-4-6-8-9-10-11-12-14-16-23-20(22)17-18(3)24-19(21)15-13-7-5-2/h18H,4-17H2,1-3H3/t18-/m0/s1. The average molecular weight is 343 g/mol. The van der Waals surface area contributed by atoms with Gasteiger partial charge in [-0.3, -0.25) is 9.59 Å². The van der Waals surface area contributed by atoms with Gasteiger partial charge < -0.3 is 9.47 Å². The van der Waals surface area contributed by atoms with Crippen LogP contribution in [0.5, 0.6) is 0 Å². The van der Waals surface area contributed by atoms with E-state index in [0.29, 0.717) is 13.0 Å². The van der Waals surface area contributed by atoms with Crippen LogP contribution in [0.3, 0.4) is 0 Å². The molecule has 0 fully saturated rings. The lowest BCUT2D eigenvalue weighted by atomic mass is 10.1. The van der Waals surface area contributed by atoms with Crippen molar-refractivity contribution in [3.8, 4) is 0 Å². The lowest BCUT2D eigenvalue weighted by Crippen LogP contribution is -2.20. The molecule has 0 aliphatic rings. The van der Waals surface area contributed by atoms with Crippen LogP contribution in [0.2, 0.25) is 0 Å². The number of carbonyl (C=O) groups excluding carboxylic acids is 2. The van der Waals surface area contributed by atoms with Gasteiger partial charge in [-0.1, -0.05) is 71.6 Å². The molecule has 0 rings (SSSR count). The van der Waals surface area contributed by atoms with E-state index >= 15 is 0 Å². The zero-order valence-corrected chi connectivity index (χ0v) is 16.1. The normalized spacial score (nSPS) is 12.0. The predicted molar refractivity (Wildman–Crippen MR) is 97.9 cm³/mol. The van der Waals surface area contributed by atoms with Gasteiger partial charge in [0.05, 0.1) is 13.0 Å². The molecule has 0 aliphatic carbocycles. The molecule has 0 bridgehead atoms. The highest BCUT2D eigenvalue weighted by atomic mass is 16.6. The van der Waals surface area contributed by atoms with Crippen LogP contribution in [-0.4, -0.2) is 24.6 Å². The molecular weight excluding hydrogens is 304 g/mol. The Bertz CT molecular complexity index is 315. The summed E-state index contributed by atoms with van der Waals surface area (Å²) in [5, 5.41) is 0. The molecule has 4 nitrogen and oxygen atoms in total. The van der Waals surface area contributed by atoms with Crippen molar-refractivity contribution in [3.05, 3.63) is 0 Å². The highest BCUT2D eigenvalue weighted by Crippen LogP contribution is 2.09. The maximum atomic E-state index is 11.7. The Kier molecular flexibility index (Phi) is 16.0. The van der Waals surface area contributed by atoms with Gasteiger partial charge in [0.1, 0.15) is 6.10 Å². The molecule has 0 aromatic carbocycles. The van der Waals surface area contributed by atoms with Crippen LogP contribution < -0.4 is 0 Å². The minimum atomic E-state index is -0.398. The minimum absolute atomic E-state index is 0.149. The van der Waals surface area contributed by atoms with Gasteiger partial charge in [0, 0.05) is 6.42 Å². The zero-order valence-electron chi connectivity index (χ0n) is 16.1. The zero-order chi connectivity index (χ0) is 18.0. The van der Waals surface area contributed by atoms with Gasteiger partial charge in [0.2, 0.25) is 0 Å². The third-order valence-corrected chi connectivity index (χ3v) is 4.03. The molecule has 0 aliphatic heterocycles. The lowest BCUT2D eigenvalue weighted by Gasteiger charge is -2.12. The van der Waals surface area contributed by atoms with Crippen LogP contribution in [0.15, 0.2) is 0 Å². The first-order valence-corrected chi connectivity index (χ1v) is 9.95. The molecular formula is C20H38O4. The summed E-state index contributed by atoms with van der Waals surface area (Å²) in [5.41, 5.74) is 0. The van der Waals surface area contributed by atoms with Crippen molar-refractivity contribution in [3.63, 3.8) is 0 Å². The maximum Gasteiger partial charge on any atom is 0.309 e. The van der Waals surface area contributed by atoms with Gasteiger partial charge in [-0.25, -0.2) is 0 Å². The second-order valence-electron chi connectivity index (χ2n) is 6.66. The van der Waals surface area contributed by atoms with Crippen LogP contribution in [0, 0.1) is 0 Å². The number of carbonyl (C=O) groups is 2. The molecule has 4 heteroatoms. The summed E-state index contributed by atoms with van der Waals surface area (Å²) < 4.78 is 10.4. The van der Waals surface area contributed by atoms with Crippen molar-refractivity contribution in [2.24, 2.45) is 0 Å². The van der Waals surface area contributed by atoms with E-state index in [1.165, 1.54) is 38.5 Å². The van der Waals surface area contributed by atoms with Crippen LogP contribution >= 0.6 is 0 Å². The Morgan fingerprint density at radius 1 is 0.750 bits per heavy atom. The van der Waals surface area contributed by atoms with Gasteiger partial charge in [-0.05, 0) is 19.8 Å². The average Bonchev–Trinajstić information content (AvgIpc) is 2.53. The number of unbranched alkanes of at least 4 members (excludes halogenated alkanes) is 9. The third-order valence-electron chi connectivity index (χ3n) is 4.03. The summed E-state index contributed by atoms with van der Waals surface area (Å²) in [6, 6.07) is 0. The fraction of sp³-hybridized carbons (Fsp3) is 0.900. The van der Waals surface area contributed by atoms with Crippen molar-refractivity contribution in [2.45, 2.75) is 110 Å². The van der Waals surface area contributed by atoms with E-state index < -0.39 is 6.10 Å². The SMILES string of the molecule is CCCCCCCCCCOC(=O)C[C@H](C)OC(=O)CCCCC. The topological polar surface area (TPSA) is 52.6 Å². The third kappa shape index (κ3) is 15.8. The van der Waals surface area contributed by atoms with E-state index in [1.54, 1.807) is 6.92 Å². The summed E-state index contributed by atoms with van der Waals surface area (Å²) >= 11 is 0. The van der Waals surface area contributed by atoms with Gasteiger partial charge >= 0.3 is 11.9 Å². The molecule has 0 aromatic heterocycles. The van der Waals surface area contributed by atoms with Gasteiger partial charge in [0.25, 0.3) is 0 Å². The Balaban J connectivity index is 3.49. The largest absolute Gasteiger partial charge is 0.466 e. The van der Waals surface area contributed by atoms with Crippen LogP contribution in [0.1, 0.15) is 104 Å². The lowest BCUT2D eigenvalue weighted by molar-refractivity contribution is -0.154. The summed E-state index contributed by atoms with van der Waals surface area (Å²) in [5.74, 6) is -0.487. The first-order valence-electron chi connectivity index (χ1n) is 9.95. The number of hydrogen-bond donors (Lipinski definition) is 0. The Morgan fingerprint density at radius 2 is 1.29 bits per heavy atom. The first kappa shape index (κ1) is 22.9. The molecule has 1 atom stereocenters. The van der Waals surface area contributed by atoms with E-state index in [0.717, 1.165) is 32.1 Å². The van der Waals surface area contributed by atoms with E-state index in [2.05, 4.69) is 13.8 Å². The van der Waals surface area contributed by atoms with Crippen molar-refractivity contribution in [1.82, 2.24) is 0 Å². The number of rotatable bonds is 16. The molecule has 0 saturated heterocycles. The van der Waals surface area contributed by atoms with E-state index in [-0.39, 0.29) is 18.4 Å². The van der Waals surface area contributed by atoms with Crippen molar-refractivity contribution < 1.29 is 19.1 Å².